The fraction of sp³-hybridized carbons (Fsp3) is 0.615. The molecule has 1 aromatic rings. The SMILES string of the molecule is CCCN1CCN(S(=O)(=O)c2cc(Br)cnc2NC)CC1. The Balaban J connectivity index is 2.21. The van der Waals surface area contributed by atoms with Crippen molar-refractivity contribution in [2.24, 2.45) is 0 Å². The summed E-state index contributed by atoms with van der Waals surface area (Å²) in [6.07, 6.45) is 2.68. The summed E-state index contributed by atoms with van der Waals surface area (Å²) in [6, 6.07) is 1.60. The van der Waals surface area contributed by atoms with Crippen molar-refractivity contribution in [2.75, 3.05) is 45.1 Å². The molecule has 21 heavy (non-hydrogen) atoms. The van der Waals surface area contributed by atoms with E-state index in [1.807, 2.05) is 0 Å². The first kappa shape index (κ1) is 16.7. The Morgan fingerprint density at radius 2 is 2.00 bits per heavy atom. The lowest BCUT2D eigenvalue weighted by Crippen LogP contribution is -2.48. The van der Waals surface area contributed by atoms with Crippen molar-refractivity contribution in [1.82, 2.24) is 14.2 Å². The Morgan fingerprint density at radius 3 is 2.57 bits per heavy atom. The maximum Gasteiger partial charge on any atom is 0.246 e. The van der Waals surface area contributed by atoms with E-state index in [1.165, 1.54) is 0 Å². The van der Waals surface area contributed by atoms with Gasteiger partial charge in [0.2, 0.25) is 10.0 Å². The van der Waals surface area contributed by atoms with Crippen LogP contribution >= 0.6 is 15.9 Å². The number of sulfonamides is 1. The summed E-state index contributed by atoms with van der Waals surface area (Å²) < 4.78 is 27.8. The number of halogens is 1. The van der Waals surface area contributed by atoms with Gasteiger partial charge in [-0.15, -0.1) is 0 Å². The largest absolute Gasteiger partial charge is 0.372 e. The van der Waals surface area contributed by atoms with E-state index in [1.54, 1.807) is 23.6 Å². The van der Waals surface area contributed by atoms with Crippen molar-refractivity contribution >= 4 is 31.8 Å². The van der Waals surface area contributed by atoms with Gasteiger partial charge in [0.25, 0.3) is 0 Å². The zero-order valence-corrected chi connectivity index (χ0v) is 14.7. The molecule has 0 bridgehead atoms. The van der Waals surface area contributed by atoms with Gasteiger partial charge in [-0.3, -0.25) is 0 Å². The van der Waals surface area contributed by atoms with Crippen LogP contribution in [-0.2, 0) is 10.0 Å². The summed E-state index contributed by atoms with van der Waals surface area (Å²) in [6.45, 7) is 5.77. The molecule has 1 aliphatic rings. The standard InChI is InChI=1S/C13H21BrN4O2S/c1-3-4-17-5-7-18(8-6-17)21(19,20)12-9-11(14)10-16-13(12)15-2/h9-10H,3-8H2,1-2H3,(H,15,16). The number of nitrogens with zero attached hydrogens (tertiary/aromatic N) is 3. The predicted octanol–water partition coefficient (Wildman–Crippen LogP) is 1.60. The molecule has 0 amide bonds. The summed E-state index contributed by atoms with van der Waals surface area (Å²) in [5.41, 5.74) is 0. The van der Waals surface area contributed by atoms with Gasteiger partial charge in [-0.1, -0.05) is 6.92 Å². The van der Waals surface area contributed by atoms with Gasteiger partial charge in [0.1, 0.15) is 10.7 Å². The molecule has 0 aromatic carbocycles. The monoisotopic (exact) mass is 376 g/mol. The first-order chi connectivity index (χ1) is 9.98. The van der Waals surface area contributed by atoms with Crippen LogP contribution in [0.15, 0.2) is 21.6 Å². The maximum atomic E-state index is 12.8. The third kappa shape index (κ3) is 3.74. The Kier molecular flexibility index (Phi) is 5.59. The number of pyridine rings is 1. The lowest BCUT2D eigenvalue weighted by atomic mass is 10.3. The van der Waals surface area contributed by atoms with E-state index in [9.17, 15) is 8.42 Å². The molecule has 0 saturated carbocycles. The minimum Gasteiger partial charge on any atom is -0.372 e. The number of hydrogen-bond donors (Lipinski definition) is 1. The molecular weight excluding hydrogens is 356 g/mol. The van der Waals surface area contributed by atoms with E-state index in [4.69, 9.17) is 0 Å². The third-order valence-electron chi connectivity index (χ3n) is 3.55. The van der Waals surface area contributed by atoms with Crippen LogP contribution in [0.1, 0.15) is 13.3 Å². The molecule has 1 saturated heterocycles. The molecular formula is C13H21BrN4O2S. The van der Waals surface area contributed by atoms with Crippen molar-refractivity contribution in [2.45, 2.75) is 18.2 Å². The molecule has 0 unspecified atom stereocenters. The smallest absolute Gasteiger partial charge is 0.246 e. The molecule has 118 valence electrons. The first-order valence-corrected chi connectivity index (χ1v) is 9.28. The Labute approximate surface area is 134 Å². The molecule has 0 radical (unpaired) electrons. The van der Waals surface area contributed by atoms with Crippen LogP contribution in [0.5, 0.6) is 0 Å². The Morgan fingerprint density at radius 1 is 1.33 bits per heavy atom. The molecule has 0 aliphatic carbocycles. The molecule has 2 rings (SSSR count). The highest BCUT2D eigenvalue weighted by atomic mass is 79.9. The van der Waals surface area contributed by atoms with Crippen molar-refractivity contribution in [3.63, 3.8) is 0 Å². The zero-order chi connectivity index (χ0) is 15.5. The molecule has 1 aromatic heterocycles. The van der Waals surface area contributed by atoms with E-state index in [0.29, 0.717) is 23.4 Å². The summed E-state index contributed by atoms with van der Waals surface area (Å²) in [5, 5.41) is 2.85. The number of piperazine rings is 1. The molecule has 1 fully saturated rings. The van der Waals surface area contributed by atoms with Gasteiger partial charge in [-0.25, -0.2) is 13.4 Å². The lowest BCUT2D eigenvalue weighted by molar-refractivity contribution is 0.188. The minimum atomic E-state index is -3.51. The second-order valence-electron chi connectivity index (χ2n) is 5.00. The van der Waals surface area contributed by atoms with Crippen molar-refractivity contribution in [3.05, 3.63) is 16.7 Å². The Hall–Kier alpha value is -0.700. The number of hydrogen-bond acceptors (Lipinski definition) is 5. The summed E-state index contributed by atoms with van der Waals surface area (Å²) in [7, 11) is -1.84. The summed E-state index contributed by atoms with van der Waals surface area (Å²) in [4.78, 5) is 6.65. The number of anilines is 1. The highest BCUT2D eigenvalue weighted by Gasteiger charge is 2.30. The van der Waals surface area contributed by atoms with Crippen LogP contribution in [-0.4, -0.2) is 62.4 Å². The quantitative estimate of drug-likeness (QED) is 0.845. The van der Waals surface area contributed by atoms with Gasteiger partial charge >= 0.3 is 0 Å². The van der Waals surface area contributed by atoms with Gasteiger partial charge in [-0.05, 0) is 35.0 Å². The fourth-order valence-corrected chi connectivity index (χ4v) is 4.53. The van der Waals surface area contributed by atoms with E-state index < -0.39 is 10.0 Å². The molecule has 0 spiro atoms. The predicted molar refractivity (Wildman–Crippen MR) is 87.0 cm³/mol. The van der Waals surface area contributed by atoms with Crippen LogP contribution in [0.2, 0.25) is 0 Å². The van der Waals surface area contributed by atoms with Crippen LogP contribution < -0.4 is 5.32 Å². The highest BCUT2D eigenvalue weighted by Crippen LogP contribution is 2.26. The fourth-order valence-electron chi connectivity index (χ4n) is 2.45. The average molecular weight is 377 g/mol. The van der Waals surface area contributed by atoms with E-state index in [0.717, 1.165) is 26.1 Å². The van der Waals surface area contributed by atoms with Crippen molar-refractivity contribution < 1.29 is 8.42 Å². The van der Waals surface area contributed by atoms with Gasteiger partial charge in [0.15, 0.2) is 0 Å². The zero-order valence-electron chi connectivity index (χ0n) is 12.3. The van der Waals surface area contributed by atoms with Crippen molar-refractivity contribution in [1.29, 1.82) is 0 Å². The topological polar surface area (TPSA) is 65.5 Å². The Bertz CT molecular complexity index is 586. The second kappa shape index (κ2) is 7.04. The number of rotatable bonds is 5. The average Bonchev–Trinajstić information content (AvgIpc) is 2.48. The summed E-state index contributed by atoms with van der Waals surface area (Å²) in [5.74, 6) is 0.384. The third-order valence-corrected chi connectivity index (χ3v) is 5.89. The van der Waals surface area contributed by atoms with Crippen LogP contribution in [0.4, 0.5) is 5.82 Å². The summed E-state index contributed by atoms with van der Waals surface area (Å²) >= 11 is 3.29. The van der Waals surface area contributed by atoms with E-state index in [-0.39, 0.29) is 4.90 Å². The molecule has 0 atom stereocenters. The van der Waals surface area contributed by atoms with Crippen molar-refractivity contribution in [3.8, 4) is 0 Å². The second-order valence-corrected chi connectivity index (χ2v) is 7.82. The molecule has 8 heteroatoms. The number of nitrogens with one attached hydrogen (secondary N) is 1. The van der Waals surface area contributed by atoms with E-state index in [2.05, 4.69) is 38.1 Å². The first-order valence-electron chi connectivity index (χ1n) is 7.05. The van der Waals surface area contributed by atoms with E-state index >= 15 is 0 Å². The van der Waals surface area contributed by atoms with Gasteiger partial charge < -0.3 is 10.2 Å². The van der Waals surface area contributed by atoms with Gasteiger partial charge in [0, 0.05) is 43.9 Å². The van der Waals surface area contributed by atoms with Crippen LogP contribution in [0.25, 0.3) is 0 Å². The molecule has 1 N–H and O–H groups in total. The number of aromatic nitrogens is 1. The minimum absolute atomic E-state index is 0.225. The lowest BCUT2D eigenvalue weighted by Gasteiger charge is -2.33. The van der Waals surface area contributed by atoms with Crippen LogP contribution in [0.3, 0.4) is 0 Å². The van der Waals surface area contributed by atoms with Gasteiger partial charge in [0.05, 0.1) is 0 Å². The normalized spacial score (nSPS) is 17.9. The van der Waals surface area contributed by atoms with Gasteiger partial charge in [-0.2, -0.15) is 4.31 Å². The maximum absolute atomic E-state index is 12.8. The molecule has 6 nitrogen and oxygen atoms in total. The van der Waals surface area contributed by atoms with Crippen LogP contribution in [0, 0.1) is 0 Å². The molecule has 1 aliphatic heterocycles. The highest BCUT2D eigenvalue weighted by molar-refractivity contribution is 9.10. The molecule has 2 heterocycles.